The third-order valence-electron chi connectivity index (χ3n) is 5.12. The number of para-hydroxylation sites is 1. The molecule has 3 aromatic rings. The van der Waals surface area contributed by atoms with Crippen molar-refractivity contribution in [2.45, 2.75) is 32.2 Å². The van der Waals surface area contributed by atoms with Gasteiger partial charge in [-0.15, -0.1) is 11.3 Å². The molecule has 7 nitrogen and oxygen atoms in total. The van der Waals surface area contributed by atoms with Crippen molar-refractivity contribution in [1.82, 2.24) is 15.2 Å². The molecule has 0 unspecified atom stereocenters. The van der Waals surface area contributed by atoms with Gasteiger partial charge in [0.25, 0.3) is 0 Å². The fraction of sp³-hybridized carbons (Fsp3) is 0.318. The van der Waals surface area contributed by atoms with Gasteiger partial charge in [-0.2, -0.15) is 0 Å². The van der Waals surface area contributed by atoms with Crippen LogP contribution >= 0.6 is 11.3 Å². The summed E-state index contributed by atoms with van der Waals surface area (Å²) in [5.41, 5.74) is 1.44. The van der Waals surface area contributed by atoms with Crippen LogP contribution in [0, 0.1) is 6.92 Å². The number of piperidine rings is 1. The minimum atomic E-state index is -0.106. The first kappa shape index (κ1) is 20.2. The predicted molar refractivity (Wildman–Crippen MR) is 116 cm³/mol. The summed E-state index contributed by atoms with van der Waals surface area (Å²) < 4.78 is 5.71. The Balaban J connectivity index is 1.25. The highest BCUT2D eigenvalue weighted by Gasteiger charge is 2.24. The molecule has 2 N–H and O–H groups in total. The van der Waals surface area contributed by atoms with Crippen molar-refractivity contribution in [2.24, 2.45) is 0 Å². The summed E-state index contributed by atoms with van der Waals surface area (Å²) in [6.45, 7) is 3.04. The Morgan fingerprint density at radius 2 is 1.93 bits per heavy atom. The molecule has 0 aliphatic carbocycles. The molecule has 30 heavy (non-hydrogen) atoms. The first-order valence-electron chi connectivity index (χ1n) is 9.99. The molecule has 1 aliphatic rings. The molecule has 156 valence electrons. The highest BCUT2D eigenvalue weighted by atomic mass is 32.1. The molecule has 0 radical (unpaired) electrons. The van der Waals surface area contributed by atoms with Crippen LogP contribution in [-0.4, -0.2) is 41.0 Å². The van der Waals surface area contributed by atoms with Gasteiger partial charge in [-0.25, -0.2) is 9.78 Å². The molecule has 1 aromatic carbocycles. The number of hydrogen-bond donors (Lipinski definition) is 2. The van der Waals surface area contributed by atoms with E-state index in [1.807, 2.05) is 54.8 Å². The van der Waals surface area contributed by atoms with Crippen LogP contribution in [0.5, 0.6) is 0 Å². The van der Waals surface area contributed by atoms with Crippen LogP contribution in [0.4, 0.5) is 10.5 Å². The minimum absolute atomic E-state index is 0.0576. The Labute approximate surface area is 179 Å². The summed E-state index contributed by atoms with van der Waals surface area (Å²) >= 11 is 1.55. The van der Waals surface area contributed by atoms with Gasteiger partial charge in [0.15, 0.2) is 0 Å². The summed E-state index contributed by atoms with van der Waals surface area (Å²) in [4.78, 5) is 32.1. The SMILES string of the molecule is Cc1oc(-c2cccs2)nc1CC(=O)NC1CCN(C(=O)Nc2ccccc2)CC1. The van der Waals surface area contributed by atoms with Crippen molar-refractivity contribution in [3.05, 3.63) is 59.3 Å². The van der Waals surface area contributed by atoms with Crippen molar-refractivity contribution in [2.75, 3.05) is 18.4 Å². The molecule has 0 bridgehead atoms. The maximum atomic E-state index is 12.5. The normalized spacial score (nSPS) is 14.5. The highest BCUT2D eigenvalue weighted by Crippen LogP contribution is 2.26. The number of nitrogens with one attached hydrogen (secondary N) is 2. The van der Waals surface area contributed by atoms with Crippen molar-refractivity contribution in [3.8, 4) is 10.8 Å². The second-order valence-electron chi connectivity index (χ2n) is 7.30. The smallest absolute Gasteiger partial charge is 0.321 e. The number of benzene rings is 1. The molecule has 0 atom stereocenters. The van der Waals surface area contributed by atoms with Crippen molar-refractivity contribution < 1.29 is 14.0 Å². The van der Waals surface area contributed by atoms with E-state index in [0.717, 1.165) is 23.4 Å². The topological polar surface area (TPSA) is 87.5 Å². The van der Waals surface area contributed by atoms with E-state index in [0.29, 0.717) is 30.4 Å². The number of nitrogens with zero attached hydrogens (tertiary/aromatic N) is 2. The first-order chi connectivity index (χ1) is 14.6. The average Bonchev–Trinajstić information content (AvgIpc) is 3.40. The third-order valence-corrected chi connectivity index (χ3v) is 5.98. The number of hydrogen-bond acceptors (Lipinski definition) is 5. The summed E-state index contributed by atoms with van der Waals surface area (Å²) in [6, 6.07) is 13.2. The van der Waals surface area contributed by atoms with E-state index in [-0.39, 0.29) is 24.4 Å². The fourth-order valence-corrected chi connectivity index (χ4v) is 4.13. The van der Waals surface area contributed by atoms with Gasteiger partial charge < -0.3 is 20.0 Å². The van der Waals surface area contributed by atoms with Crippen LogP contribution in [0.2, 0.25) is 0 Å². The van der Waals surface area contributed by atoms with Gasteiger partial charge in [0.1, 0.15) is 5.76 Å². The number of likely N-dealkylation sites (tertiary alicyclic amines) is 1. The Hall–Kier alpha value is -3.13. The van der Waals surface area contributed by atoms with Gasteiger partial charge in [-0.3, -0.25) is 4.79 Å². The third kappa shape index (κ3) is 4.88. The quantitative estimate of drug-likeness (QED) is 0.646. The van der Waals surface area contributed by atoms with E-state index in [2.05, 4.69) is 15.6 Å². The first-order valence-corrected chi connectivity index (χ1v) is 10.9. The number of oxazole rings is 1. The van der Waals surface area contributed by atoms with E-state index < -0.39 is 0 Å². The lowest BCUT2D eigenvalue weighted by Gasteiger charge is -2.32. The number of aryl methyl sites for hydroxylation is 1. The molecule has 3 amide bonds. The maximum absolute atomic E-state index is 12.5. The Morgan fingerprint density at radius 1 is 1.17 bits per heavy atom. The number of aromatic nitrogens is 1. The fourth-order valence-electron chi connectivity index (χ4n) is 3.48. The van der Waals surface area contributed by atoms with Crippen LogP contribution in [0.3, 0.4) is 0 Å². The second kappa shape index (κ2) is 9.13. The second-order valence-corrected chi connectivity index (χ2v) is 8.25. The number of urea groups is 1. The number of carbonyl (C=O) groups is 2. The van der Waals surface area contributed by atoms with Crippen LogP contribution in [0.25, 0.3) is 10.8 Å². The van der Waals surface area contributed by atoms with Gasteiger partial charge in [-0.1, -0.05) is 24.3 Å². The standard InChI is InChI=1S/C22H24N4O3S/c1-15-18(25-21(29-15)19-8-5-13-30-19)14-20(27)23-17-9-11-26(12-10-17)22(28)24-16-6-3-2-4-7-16/h2-8,13,17H,9-12,14H2,1H3,(H,23,27)(H,24,28). The largest absolute Gasteiger partial charge is 0.440 e. The van der Waals surface area contributed by atoms with E-state index in [1.54, 1.807) is 16.2 Å². The lowest BCUT2D eigenvalue weighted by molar-refractivity contribution is -0.121. The summed E-state index contributed by atoms with van der Waals surface area (Å²) in [7, 11) is 0. The molecule has 8 heteroatoms. The molecule has 0 spiro atoms. The molecule has 1 saturated heterocycles. The zero-order valence-corrected chi connectivity index (χ0v) is 17.6. The molecular weight excluding hydrogens is 400 g/mol. The molecule has 3 heterocycles. The monoisotopic (exact) mass is 424 g/mol. The summed E-state index contributed by atoms with van der Waals surface area (Å²) in [5, 5.41) is 7.94. The Kier molecular flexibility index (Phi) is 6.13. The van der Waals surface area contributed by atoms with Gasteiger partial charge >= 0.3 is 6.03 Å². The number of thiophene rings is 1. The predicted octanol–water partition coefficient (Wildman–Crippen LogP) is 4.07. The highest BCUT2D eigenvalue weighted by molar-refractivity contribution is 7.13. The Morgan fingerprint density at radius 3 is 2.63 bits per heavy atom. The van der Waals surface area contributed by atoms with E-state index in [9.17, 15) is 9.59 Å². The summed E-state index contributed by atoms with van der Waals surface area (Å²) in [6.07, 6.45) is 1.65. The molecule has 1 fully saturated rings. The molecule has 4 rings (SSSR count). The molecule has 1 aliphatic heterocycles. The van der Waals surface area contributed by atoms with Gasteiger partial charge in [0.2, 0.25) is 11.8 Å². The lowest BCUT2D eigenvalue weighted by atomic mass is 10.0. The van der Waals surface area contributed by atoms with Crippen LogP contribution in [0.1, 0.15) is 24.3 Å². The van der Waals surface area contributed by atoms with E-state index >= 15 is 0 Å². The number of anilines is 1. The minimum Gasteiger partial charge on any atom is -0.440 e. The molecular formula is C22H24N4O3S. The number of carbonyl (C=O) groups excluding carboxylic acids is 2. The summed E-state index contributed by atoms with van der Waals surface area (Å²) in [5.74, 6) is 1.15. The van der Waals surface area contributed by atoms with Crippen molar-refractivity contribution in [3.63, 3.8) is 0 Å². The van der Waals surface area contributed by atoms with Crippen molar-refractivity contribution >= 4 is 29.0 Å². The van der Waals surface area contributed by atoms with Gasteiger partial charge in [-0.05, 0) is 43.3 Å². The van der Waals surface area contributed by atoms with Crippen LogP contribution < -0.4 is 10.6 Å². The zero-order valence-electron chi connectivity index (χ0n) is 16.8. The van der Waals surface area contributed by atoms with Crippen LogP contribution in [-0.2, 0) is 11.2 Å². The zero-order chi connectivity index (χ0) is 20.9. The Bertz CT molecular complexity index is 993. The van der Waals surface area contributed by atoms with Crippen LogP contribution in [0.15, 0.2) is 52.3 Å². The van der Waals surface area contributed by atoms with Gasteiger partial charge in [0.05, 0.1) is 17.0 Å². The molecule has 0 saturated carbocycles. The number of amides is 3. The van der Waals surface area contributed by atoms with E-state index in [4.69, 9.17) is 4.42 Å². The number of rotatable bonds is 5. The molecule has 2 aromatic heterocycles. The van der Waals surface area contributed by atoms with E-state index in [1.165, 1.54) is 0 Å². The maximum Gasteiger partial charge on any atom is 0.321 e. The lowest BCUT2D eigenvalue weighted by Crippen LogP contribution is -2.48. The van der Waals surface area contributed by atoms with Gasteiger partial charge in [0, 0.05) is 24.8 Å². The average molecular weight is 425 g/mol. The van der Waals surface area contributed by atoms with Crippen molar-refractivity contribution in [1.29, 1.82) is 0 Å².